The number of aromatic nitrogens is 1. The lowest BCUT2D eigenvalue weighted by molar-refractivity contribution is -0.431. The number of H-pyrrole nitrogens is 1. The number of hydrogen-bond acceptors (Lipinski definition) is 5. The lowest BCUT2D eigenvalue weighted by Gasteiger charge is -1.96. The number of rotatable bonds is 2. The third-order valence-electron chi connectivity index (χ3n) is 1.74. The van der Waals surface area contributed by atoms with Gasteiger partial charge in [0.1, 0.15) is 5.56 Å². The van der Waals surface area contributed by atoms with Crippen molar-refractivity contribution in [2.75, 3.05) is 5.73 Å². The van der Waals surface area contributed by atoms with Crippen molar-refractivity contribution in [2.45, 2.75) is 6.92 Å². The van der Waals surface area contributed by atoms with E-state index in [1.807, 2.05) is 0 Å². The maximum Gasteiger partial charge on any atom is 0.366 e. The molecule has 0 saturated carbocycles. The summed E-state index contributed by atoms with van der Waals surface area (Å²) in [6.45, 7) is 1.28. The molecule has 0 aliphatic rings. The van der Waals surface area contributed by atoms with Crippen LogP contribution in [0.3, 0.4) is 0 Å². The molecule has 1 heterocycles. The molecule has 8 nitrogen and oxygen atoms in total. The van der Waals surface area contributed by atoms with E-state index in [2.05, 4.69) is 4.98 Å². The van der Waals surface area contributed by atoms with Crippen LogP contribution in [-0.4, -0.2) is 9.85 Å². The van der Waals surface area contributed by atoms with Crippen LogP contribution in [0.15, 0.2) is 6.20 Å². The molecule has 0 fully saturated rings. The van der Waals surface area contributed by atoms with Gasteiger partial charge in [-0.15, -0.1) is 0 Å². The van der Waals surface area contributed by atoms with Gasteiger partial charge in [-0.2, -0.15) is 0 Å². The topological polar surface area (TPSA) is 126 Å². The highest BCUT2D eigenvalue weighted by atomic mass is 16.6. The maximum atomic E-state index is 10.5. The van der Waals surface area contributed by atoms with Crippen LogP contribution in [0.4, 0.5) is 17.2 Å². The third-order valence-corrected chi connectivity index (χ3v) is 1.74. The zero-order valence-electron chi connectivity index (χ0n) is 7.18. The largest absolute Gasteiger partial charge is 0.366 e. The first kappa shape index (κ1) is 9.84. The fraction of sp³-hybridized carbons (Fsp3) is 0.167. The van der Waals surface area contributed by atoms with Gasteiger partial charge in [-0.3, -0.25) is 26.0 Å². The van der Waals surface area contributed by atoms with E-state index in [-0.39, 0.29) is 17.1 Å². The number of nitrogens with two attached hydrogens (primary N) is 1. The minimum absolute atomic E-state index is 0.0590. The molecule has 0 atom stereocenters. The van der Waals surface area contributed by atoms with Crippen LogP contribution in [0.2, 0.25) is 0 Å². The van der Waals surface area contributed by atoms with Crippen LogP contribution in [0.25, 0.3) is 0 Å². The van der Waals surface area contributed by atoms with Crippen molar-refractivity contribution in [3.63, 3.8) is 0 Å². The van der Waals surface area contributed by atoms with Crippen molar-refractivity contribution in [2.24, 2.45) is 0 Å². The number of nitrogens with zero attached hydrogens (tertiary/aromatic N) is 2. The molecule has 1 aromatic heterocycles. The van der Waals surface area contributed by atoms with Gasteiger partial charge in [0.05, 0.1) is 9.85 Å². The van der Waals surface area contributed by atoms with E-state index in [0.717, 1.165) is 6.20 Å². The number of nitro groups is 2. The summed E-state index contributed by atoms with van der Waals surface area (Å²) < 4.78 is 0. The molecule has 1 aromatic rings. The molecule has 8 heteroatoms. The van der Waals surface area contributed by atoms with Gasteiger partial charge in [-0.1, -0.05) is 0 Å². The molecule has 0 unspecified atom stereocenters. The summed E-state index contributed by atoms with van der Waals surface area (Å²) >= 11 is 0. The summed E-state index contributed by atoms with van der Waals surface area (Å²) in [6, 6.07) is 0. The van der Waals surface area contributed by atoms with Crippen LogP contribution in [0, 0.1) is 27.2 Å². The molecule has 14 heavy (non-hydrogen) atoms. The van der Waals surface area contributed by atoms with Gasteiger partial charge in [-0.25, -0.2) is 4.98 Å². The first-order valence-electron chi connectivity index (χ1n) is 3.54. The summed E-state index contributed by atoms with van der Waals surface area (Å²) in [7, 11) is 0. The number of anilines is 1. The molecule has 0 saturated heterocycles. The predicted octanol–water partition coefficient (Wildman–Crippen LogP) is 0.208. The second-order valence-electron chi connectivity index (χ2n) is 2.58. The smallest absolute Gasteiger partial charge is 0.281 e. The Kier molecular flexibility index (Phi) is 2.28. The number of aromatic amines is 1. The minimum atomic E-state index is -0.756. The van der Waals surface area contributed by atoms with Crippen molar-refractivity contribution in [3.05, 3.63) is 32.0 Å². The van der Waals surface area contributed by atoms with Crippen LogP contribution >= 0.6 is 0 Å². The van der Waals surface area contributed by atoms with E-state index in [4.69, 9.17) is 5.73 Å². The highest BCUT2D eigenvalue weighted by Crippen LogP contribution is 2.28. The Morgan fingerprint density at radius 1 is 1.36 bits per heavy atom. The van der Waals surface area contributed by atoms with E-state index in [9.17, 15) is 20.2 Å². The lowest BCUT2D eigenvalue weighted by atomic mass is 10.2. The molecule has 1 rings (SSSR count). The van der Waals surface area contributed by atoms with Gasteiger partial charge in [-0.05, 0) is 6.92 Å². The Morgan fingerprint density at radius 3 is 2.36 bits per heavy atom. The number of hydrogen-bond donors (Lipinski definition) is 1. The zero-order valence-corrected chi connectivity index (χ0v) is 7.18. The minimum Gasteiger partial charge on any atom is -0.281 e. The van der Waals surface area contributed by atoms with Gasteiger partial charge < -0.3 is 0 Å². The zero-order chi connectivity index (χ0) is 10.9. The van der Waals surface area contributed by atoms with Gasteiger partial charge >= 0.3 is 17.2 Å². The SMILES string of the molecule is Cc1c([N+](=O)[O-])c[nH+]c(N)c1[N+](=O)[O-]. The van der Waals surface area contributed by atoms with E-state index in [1.165, 1.54) is 6.92 Å². The second-order valence-corrected chi connectivity index (χ2v) is 2.58. The normalized spacial score (nSPS) is 9.79. The van der Waals surface area contributed by atoms with Gasteiger partial charge in [0, 0.05) is 0 Å². The average Bonchev–Trinajstić information content (AvgIpc) is 2.02. The Balaban J connectivity index is 3.49. The maximum absolute atomic E-state index is 10.5. The molecule has 0 bridgehead atoms. The third kappa shape index (κ3) is 1.44. The Hall–Kier alpha value is -2.25. The van der Waals surface area contributed by atoms with Crippen LogP contribution in [0.1, 0.15) is 5.56 Å². The molecule has 0 aliphatic heterocycles. The summed E-state index contributed by atoms with van der Waals surface area (Å²) in [5, 5.41) is 20.9. The molecule has 0 spiro atoms. The molecule has 0 amide bonds. The van der Waals surface area contributed by atoms with Crippen LogP contribution in [-0.2, 0) is 0 Å². The fourth-order valence-corrected chi connectivity index (χ4v) is 1.07. The van der Waals surface area contributed by atoms with Crippen molar-refractivity contribution in [1.29, 1.82) is 0 Å². The van der Waals surface area contributed by atoms with E-state index >= 15 is 0 Å². The molecule has 0 aromatic carbocycles. The number of pyridine rings is 1. The summed E-state index contributed by atoms with van der Waals surface area (Å²) in [5.41, 5.74) is 4.40. The van der Waals surface area contributed by atoms with Crippen LogP contribution in [0.5, 0.6) is 0 Å². The van der Waals surface area contributed by atoms with Gasteiger partial charge in [0.15, 0.2) is 6.20 Å². The second kappa shape index (κ2) is 3.24. The van der Waals surface area contributed by atoms with Crippen molar-refractivity contribution < 1.29 is 14.8 Å². The Morgan fingerprint density at radius 2 is 1.93 bits per heavy atom. The summed E-state index contributed by atoms with van der Waals surface area (Å²) in [6.07, 6.45) is 1.03. The van der Waals surface area contributed by atoms with Crippen molar-refractivity contribution >= 4 is 17.2 Å². The molecule has 74 valence electrons. The van der Waals surface area contributed by atoms with Gasteiger partial charge in [0.25, 0.3) is 0 Å². The first-order chi connectivity index (χ1) is 6.45. The number of nitrogen functional groups attached to an aromatic ring is 1. The Bertz CT molecular complexity index is 417. The number of nitrogens with one attached hydrogen (secondary N) is 1. The molecule has 0 radical (unpaired) electrons. The quantitative estimate of drug-likeness (QED) is 0.537. The summed E-state index contributed by atoms with van der Waals surface area (Å²) in [4.78, 5) is 21.7. The molecule has 0 aliphatic carbocycles. The standard InChI is InChI=1S/C6H6N4O4/c1-3-4(9(11)12)2-8-6(7)5(3)10(13)14/h2H,1H3,(H2,7,8)/p+1. The summed E-state index contributed by atoms with van der Waals surface area (Å²) in [5.74, 6) is -0.196. The van der Waals surface area contributed by atoms with Gasteiger partial charge in [0.2, 0.25) is 0 Å². The fourth-order valence-electron chi connectivity index (χ4n) is 1.07. The lowest BCUT2D eigenvalue weighted by Crippen LogP contribution is -2.15. The van der Waals surface area contributed by atoms with Crippen molar-refractivity contribution in [1.82, 2.24) is 0 Å². The highest BCUT2D eigenvalue weighted by Gasteiger charge is 2.29. The van der Waals surface area contributed by atoms with E-state index in [1.54, 1.807) is 0 Å². The molecule has 3 N–H and O–H groups in total. The molecular formula is C6H7N4O4+. The molecular weight excluding hydrogens is 192 g/mol. The highest BCUT2D eigenvalue weighted by molar-refractivity contribution is 5.59. The average molecular weight is 199 g/mol. The first-order valence-corrected chi connectivity index (χ1v) is 3.54. The Labute approximate surface area is 77.7 Å². The van der Waals surface area contributed by atoms with Crippen LogP contribution < -0.4 is 10.7 Å². The predicted molar refractivity (Wildman–Crippen MR) is 45.5 cm³/mol. The van der Waals surface area contributed by atoms with E-state index < -0.39 is 15.5 Å². The van der Waals surface area contributed by atoms with E-state index in [0.29, 0.717) is 0 Å². The van der Waals surface area contributed by atoms with Crippen molar-refractivity contribution in [3.8, 4) is 0 Å². The monoisotopic (exact) mass is 199 g/mol.